The van der Waals surface area contributed by atoms with Crippen molar-refractivity contribution < 1.29 is 9.59 Å². The molecule has 5 heteroatoms. The highest BCUT2D eigenvalue weighted by atomic mass is 16.2. The lowest BCUT2D eigenvalue weighted by Crippen LogP contribution is -2.46. The summed E-state index contributed by atoms with van der Waals surface area (Å²) in [6.45, 7) is 6.16. The van der Waals surface area contributed by atoms with Crippen molar-refractivity contribution >= 4 is 17.6 Å². The summed E-state index contributed by atoms with van der Waals surface area (Å²) in [6, 6.07) is 6.53. The van der Waals surface area contributed by atoms with Crippen LogP contribution < -0.4 is 16.0 Å². The second-order valence-electron chi connectivity index (χ2n) is 4.43. The summed E-state index contributed by atoms with van der Waals surface area (Å²) in [4.78, 5) is 23.4. The number of hydrogen-bond acceptors (Lipinski definition) is 2. The van der Waals surface area contributed by atoms with Crippen LogP contribution in [0.25, 0.3) is 0 Å². The zero-order valence-electron chi connectivity index (χ0n) is 11.6. The lowest BCUT2D eigenvalue weighted by molar-refractivity contribution is -0.122. The fourth-order valence-electron chi connectivity index (χ4n) is 1.54. The van der Waals surface area contributed by atoms with E-state index in [-0.39, 0.29) is 11.9 Å². The number of carbonyl (C=O) groups is 2. The third kappa shape index (κ3) is 4.99. The molecule has 0 aliphatic carbocycles. The lowest BCUT2D eigenvalue weighted by Gasteiger charge is -2.15. The van der Waals surface area contributed by atoms with Gasteiger partial charge in [-0.1, -0.05) is 25.1 Å². The Morgan fingerprint density at radius 3 is 2.58 bits per heavy atom. The number of benzene rings is 1. The molecule has 1 rings (SSSR count). The molecular formula is C14H21N3O2. The second kappa shape index (κ2) is 7.41. The first-order valence-electron chi connectivity index (χ1n) is 6.45. The summed E-state index contributed by atoms with van der Waals surface area (Å²) in [7, 11) is 0. The van der Waals surface area contributed by atoms with Gasteiger partial charge in [-0.2, -0.15) is 0 Å². The van der Waals surface area contributed by atoms with Gasteiger partial charge in [-0.05, 0) is 31.9 Å². The van der Waals surface area contributed by atoms with E-state index < -0.39 is 6.04 Å². The van der Waals surface area contributed by atoms with Crippen molar-refractivity contribution in [3.8, 4) is 0 Å². The van der Waals surface area contributed by atoms with E-state index in [0.29, 0.717) is 6.54 Å². The van der Waals surface area contributed by atoms with Crippen LogP contribution >= 0.6 is 0 Å². The van der Waals surface area contributed by atoms with Gasteiger partial charge < -0.3 is 16.0 Å². The van der Waals surface area contributed by atoms with Crippen LogP contribution in [0.1, 0.15) is 25.8 Å². The summed E-state index contributed by atoms with van der Waals surface area (Å²) in [5, 5.41) is 8.06. The molecule has 5 nitrogen and oxygen atoms in total. The highest BCUT2D eigenvalue weighted by Gasteiger charge is 2.14. The Bertz CT molecular complexity index is 446. The molecule has 1 atom stereocenters. The summed E-state index contributed by atoms with van der Waals surface area (Å²) < 4.78 is 0. The van der Waals surface area contributed by atoms with Crippen molar-refractivity contribution in [1.29, 1.82) is 0 Å². The van der Waals surface area contributed by atoms with Crippen molar-refractivity contribution in [1.82, 2.24) is 10.6 Å². The molecule has 3 amide bonds. The van der Waals surface area contributed by atoms with Gasteiger partial charge in [-0.3, -0.25) is 4.79 Å². The quantitative estimate of drug-likeness (QED) is 0.760. The molecule has 0 radical (unpaired) electrons. The topological polar surface area (TPSA) is 70.2 Å². The minimum Gasteiger partial charge on any atom is -0.354 e. The molecule has 0 aliphatic rings. The smallest absolute Gasteiger partial charge is 0.319 e. The number of hydrogen-bond donors (Lipinski definition) is 3. The van der Waals surface area contributed by atoms with Crippen LogP contribution in [0.2, 0.25) is 0 Å². The minimum absolute atomic E-state index is 0.179. The third-order valence-electron chi connectivity index (χ3n) is 2.68. The van der Waals surface area contributed by atoms with Gasteiger partial charge in [0.2, 0.25) is 5.91 Å². The first-order chi connectivity index (χ1) is 9.04. The Morgan fingerprint density at radius 1 is 1.26 bits per heavy atom. The van der Waals surface area contributed by atoms with Crippen LogP contribution in [0.3, 0.4) is 0 Å². The van der Waals surface area contributed by atoms with Crippen molar-refractivity contribution in [3.05, 3.63) is 29.8 Å². The van der Waals surface area contributed by atoms with Crippen molar-refractivity contribution in [2.24, 2.45) is 0 Å². The van der Waals surface area contributed by atoms with Gasteiger partial charge >= 0.3 is 6.03 Å². The monoisotopic (exact) mass is 263 g/mol. The van der Waals surface area contributed by atoms with E-state index in [1.807, 2.05) is 38.1 Å². The number of nitrogens with one attached hydrogen (secondary N) is 3. The standard InChI is InChI=1S/C14H21N3O2/c1-4-9-15-13(18)11(3)16-14(19)17-12-8-6-5-7-10(12)2/h5-8,11H,4,9H2,1-3H3,(H,15,18)(H2,16,17,19). The zero-order valence-corrected chi connectivity index (χ0v) is 11.6. The normalized spacial score (nSPS) is 11.5. The van der Waals surface area contributed by atoms with Crippen molar-refractivity contribution in [2.75, 3.05) is 11.9 Å². The Kier molecular flexibility index (Phi) is 5.85. The molecular weight excluding hydrogens is 242 g/mol. The SMILES string of the molecule is CCCNC(=O)C(C)NC(=O)Nc1ccccc1C. The maximum atomic E-state index is 11.8. The average Bonchev–Trinajstić information content (AvgIpc) is 2.38. The van der Waals surface area contributed by atoms with E-state index in [2.05, 4.69) is 16.0 Å². The van der Waals surface area contributed by atoms with Crippen LogP contribution in [0.4, 0.5) is 10.5 Å². The highest BCUT2D eigenvalue weighted by molar-refractivity contribution is 5.94. The van der Waals surface area contributed by atoms with E-state index in [9.17, 15) is 9.59 Å². The summed E-state index contributed by atoms with van der Waals surface area (Å²) in [5.41, 5.74) is 1.71. The van der Waals surface area contributed by atoms with Crippen LogP contribution in [0.15, 0.2) is 24.3 Å². The van der Waals surface area contributed by atoms with Gasteiger partial charge in [0.15, 0.2) is 0 Å². The molecule has 3 N–H and O–H groups in total. The maximum absolute atomic E-state index is 11.8. The molecule has 104 valence electrons. The van der Waals surface area contributed by atoms with Gasteiger partial charge in [0.05, 0.1) is 0 Å². The Hall–Kier alpha value is -2.04. The number of aryl methyl sites for hydroxylation is 1. The number of carbonyl (C=O) groups excluding carboxylic acids is 2. The molecule has 0 spiro atoms. The van der Waals surface area contributed by atoms with Gasteiger partial charge in [-0.25, -0.2) is 4.79 Å². The lowest BCUT2D eigenvalue weighted by atomic mass is 10.2. The van der Waals surface area contributed by atoms with Crippen LogP contribution in [0, 0.1) is 6.92 Å². The molecule has 0 fully saturated rings. The molecule has 0 aromatic heterocycles. The van der Waals surface area contributed by atoms with Crippen molar-refractivity contribution in [3.63, 3.8) is 0 Å². The van der Waals surface area contributed by atoms with Gasteiger partial charge in [0.1, 0.15) is 6.04 Å². The van der Waals surface area contributed by atoms with Gasteiger partial charge in [0, 0.05) is 12.2 Å². The predicted molar refractivity (Wildman–Crippen MR) is 76.1 cm³/mol. The highest BCUT2D eigenvalue weighted by Crippen LogP contribution is 2.12. The van der Waals surface area contributed by atoms with E-state index in [4.69, 9.17) is 0 Å². The van der Waals surface area contributed by atoms with E-state index in [1.165, 1.54) is 0 Å². The molecule has 0 aliphatic heterocycles. The average molecular weight is 263 g/mol. The molecule has 0 saturated carbocycles. The number of para-hydroxylation sites is 1. The molecule has 0 heterocycles. The largest absolute Gasteiger partial charge is 0.354 e. The fourth-order valence-corrected chi connectivity index (χ4v) is 1.54. The number of rotatable bonds is 5. The molecule has 1 aromatic rings. The van der Waals surface area contributed by atoms with Crippen LogP contribution in [-0.2, 0) is 4.79 Å². The van der Waals surface area contributed by atoms with E-state index in [0.717, 1.165) is 17.7 Å². The van der Waals surface area contributed by atoms with E-state index >= 15 is 0 Å². The van der Waals surface area contributed by atoms with Gasteiger partial charge in [-0.15, -0.1) is 0 Å². The van der Waals surface area contributed by atoms with E-state index in [1.54, 1.807) is 6.92 Å². The molecule has 19 heavy (non-hydrogen) atoms. The Balaban J connectivity index is 2.47. The number of anilines is 1. The van der Waals surface area contributed by atoms with Crippen molar-refractivity contribution in [2.45, 2.75) is 33.2 Å². The van der Waals surface area contributed by atoms with Crippen LogP contribution in [-0.4, -0.2) is 24.5 Å². The Labute approximate surface area is 113 Å². The van der Waals surface area contributed by atoms with Crippen LogP contribution in [0.5, 0.6) is 0 Å². The molecule has 1 aromatic carbocycles. The number of urea groups is 1. The first-order valence-corrected chi connectivity index (χ1v) is 6.45. The molecule has 0 saturated heterocycles. The molecule has 1 unspecified atom stereocenters. The summed E-state index contributed by atoms with van der Waals surface area (Å²) in [6.07, 6.45) is 0.869. The first kappa shape index (κ1) is 15.0. The minimum atomic E-state index is -0.560. The Morgan fingerprint density at radius 2 is 1.95 bits per heavy atom. The zero-order chi connectivity index (χ0) is 14.3. The maximum Gasteiger partial charge on any atom is 0.319 e. The summed E-state index contributed by atoms with van der Waals surface area (Å²) >= 11 is 0. The summed E-state index contributed by atoms with van der Waals surface area (Å²) in [5.74, 6) is -0.179. The number of amides is 3. The molecule has 0 bridgehead atoms. The second-order valence-corrected chi connectivity index (χ2v) is 4.43. The fraction of sp³-hybridized carbons (Fsp3) is 0.429. The van der Waals surface area contributed by atoms with Gasteiger partial charge in [0.25, 0.3) is 0 Å². The predicted octanol–water partition coefficient (Wildman–Crippen LogP) is 2.03. The third-order valence-corrected chi connectivity index (χ3v) is 2.68.